The Morgan fingerprint density at radius 2 is 1.50 bits per heavy atom. The van der Waals surface area contributed by atoms with Gasteiger partial charge in [0.1, 0.15) is 0 Å². The predicted octanol–water partition coefficient (Wildman–Crippen LogP) is 3.25. The molecule has 0 aliphatic rings. The maximum atomic E-state index is 4.46. The van der Waals surface area contributed by atoms with Crippen LogP contribution in [0.3, 0.4) is 0 Å². The summed E-state index contributed by atoms with van der Waals surface area (Å²) >= 11 is 0. The van der Waals surface area contributed by atoms with E-state index in [-0.39, 0.29) is 0 Å². The fourth-order valence-corrected chi connectivity index (χ4v) is 2.87. The Balaban J connectivity index is 2.07. The van der Waals surface area contributed by atoms with E-state index < -0.39 is 0 Å². The lowest BCUT2D eigenvalue weighted by Gasteiger charge is -2.12. The molecule has 0 fully saturated rings. The first-order valence-electron chi connectivity index (χ1n) is 7.16. The average molecular weight is 271 g/mol. The molecule has 2 aromatic rings. The zero-order valence-corrected chi connectivity index (χ0v) is 13.5. The van der Waals surface area contributed by atoms with Crippen LogP contribution in [0.15, 0.2) is 12.1 Å². The highest BCUT2D eigenvalue weighted by atomic mass is 15.3. The third-order valence-electron chi connectivity index (χ3n) is 4.10. The minimum Gasteiger partial charge on any atom is -0.308 e. The number of aryl methyl sites for hydroxylation is 5. The predicted molar refractivity (Wildman–Crippen MR) is 83.9 cm³/mol. The molecule has 3 nitrogen and oxygen atoms in total. The Morgan fingerprint density at radius 3 is 2.00 bits per heavy atom. The average Bonchev–Trinajstić information content (AvgIpc) is 2.58. The highest BCUT2D eigenvalue weighted by Crippen LogP contribution is 2.17. The van der Waals surface area contributed by atoms with Crippen molar-refractivity contribution in [1.29, 1.82) is 0 Å². The molecule has 2 rings (SSSR count). The van der Waals surface area contributed by atoms with Gasteiger partial charge in [-0.1, -0.05) is 17.7 Å². The van der Waals surface area contributed by atoms with Crippen LogP contribution < -0.4 is 5.32 Å². The van der Waals surface area contributed by atoms with Gasteiger partial charge >= 0.3 is 0 Å². The van der Waals surface area contributed by atoms with Crippen LogP contribution in [0.4, 0.5) is 0 Å². The van der Waals surface area contributed by atoms with Crippen molar-refractivity contribution in [2.75, 3.05) is 0 Å². The van der Waals surface area contributed by atoms with Crippen LogP contribution in [0, 0.1) is 34.6 Å². The standard InChI is InChI=1S/C17H25N3/c1-11-7-12(2)16(13(3)8-11)9-18-10-17-14(4)19-20(6)15(17)5/h7-8,18H,9-10H2,1-6H3. The van der Waals surface area contributed by atoms with E-state index in [1.807, 2.05) is 11.7 Å². The highest BCUT2D eigenvalue weighted by Gasteiger charge is 2.09. The summed E-state index contributed by atoms with van der Waals surface area (Å²) in [6.45, 7) is 12.5. The van der Waals surface area contributed by atoms with E-state index in [1.165, 1.54) is 33.5 Å². The van der Waals surface area contributed by atoms with Gasteiger partial charge in [-0.3, -0.25) is 4.68 Å². The summed E-state index contributed by atoms with van der Waals surface area (Å²) in [4.78, 5) is 0. The van der Waals surface area contributed by atoms with Crippen molar-refractivity contribution in [3.8, 4) is 0 Å². The molecule has 0 bridgehead atoms. The van der Waals surface area contributed by atoms with Crippen LogP contribution in [-0.4, -0.2) is 9.78 Å². The lowest BCUT2D eigenvalue weighted by atomic mass is 10.00. The summed E-state index contributed by atoms with van der Waals surface area (Å²) in [7, 11) is 2.00. The van der Waals surface area contributed by atoms with Gasteiger partial charge in [-0.05, 0) is 51.3 Å². The van der Waals surface area contributed by atoms with Crippen molar-refractivity contribution < 1.29 is 0 Å². The van der Waals surface area contributed by atoms with Crippen LogP contribution in [0.2, 0.25) is 0 Å². The van der Waals surface area contributed by atoms with Crippen LogP contribution in [0.25, 0.3) is 0 Å². The second-order valence-electron chi connectivity index (χ2n) is 5.75. The molecule has 1 N–H and O–H groups in total. The number of aromatic nitrogens is 2. The fraction of sp³-hybridized carbons (Fsp3) is 0.471. The van der Waals surface area contributed by atoms with Crippen molar-refractivity contribution in [2.45, 2.75) is 47.7 Å². The molecule has 20 heavy (non-hydrogen) atoms. The molecule has 0 aliphatic carbocycles. The Bertz CT molecular complexity index is 600. The van der Waals surface area contributed by atoms with Crippen molar-refractivity contribution in [3.63, 3.8) is 0 Å². The lowest BCUT2D eigenvalue weighted by Crippen LogP contribution is -2.15. The monoisotopic (exact) mass is 271 g/mol. The number of benzene rings is 1. The second kappa shape index (κ2) is 5.80. The first kappa shape index (κ1) is 14.8. The van der Waals surface area contributed by atoms with Gasteiger partial charge in [-0.15, -0.1) is 0 Å². The van der Waals surface area contributed by atoms with Gasteiger partial charge in [0.05, 0.1) is 5.69 Å². The molecule has 0 aliphatic heterocycles. The molecule has 0 amide bonds. The zero-order valence-electron chi connectivity index (χ0n) is 13.5. The quantitative estimate of drug-likeness (QED) is 0.925. The van der Waals surface area contributed by atoms with E-state index in [0.29, 0.717) is 0 Å². The number of nitrogens with one attached hydrogen (secondary N) is 1. The van der Waals surface area contributed by atoms with Gasteiger partial charge in [-0.2, -0.15) is 5.10 Å². The molecular formula is C17H25N3. The molecule has 1 aromatic heterocycles. The number of nitrogens with zero attached hydrogens (tertiary/aromatic N) is 2. The molecule has 1 heterocycles. The highest BCUT2D eigenvalue weighted by molar-refractivity contribution is 5.37. The van der Waals surface area contributed by atoms with Gasteiger partial charge in [0.25, 0.3) is 0 Å². The van der Waals surface area contributed by atoms with Gasteiger partial charge in [0, 0.05) is 31.4 Å². The van der Waals surface area contributed by atoms with Gasteiger partial charge in [0.15, 0.2) is 0 Å². The van der Waals surface area contributed by atoms with E-state index >= 15 is 0 Å². The van der Waals surface area contributed by atoms with Gasteiger partial charge < -0.3 is 5.32 Å². The summed E-state index contributed by atoms with van der Waals surface area (Å²) in [6.07, 6.45) is 0. The van der Waals surface area contributed by atoms with E-state index in [0.717, 1.165) is 18.8 Å². The summed E-state index contributed by atoms with van der Waals surface area (Å²) in [5.74, 6) is 0. The molecule has 0 saturated carbocycles. The zero-order chi connectivity index (χ0) is 14.9. The number of hydrogen-bond donors (Lipinski definition) is 1. The van der Waals surface area contributed by atoms with E-state index in [2.05, 4.69) is 57.2 Å². The second-order valence-corrected chi connectivity index (χ2v) is 5.75. The van der Waals surface area contributed by atoms with E-state index in [9.17, 15) is 0 Å². The SMILES string of the molecule is Cc1cc(C)c(CNCc2c(C)nn(C)c2C)c(C)c1. The Labute approximate surface area is 122 Å². The molecule has 3 heteroatoms. The third kappa shape index (κ3) is 2.93. The normalized spacial score (nSPS) is 11.1. The molecule has 0 unspecified atom stereocenters. The first-order valence-corrected chi connectivity index (χ1v) is 7.16. The van der Waals surface area contributed by atoms with Crippen molar-refractivity contribution in [3.05, 3.63) is 51.3 Å². The smallest absolute Gasteiger partial charge is 0.0641 e. The van der Waals surface area contributed by atoms with E-state index in [4.69, 9.17) is 0 Å². The fourth-order valence-electron chi connectivity index (χ4n) is 2.87. The molecule has 0 atom stereocenters. The summed E-state index contributed by atoms with van der Waals surface area (Å²) < 4.78 is 1.95. The Hall–Kier alpha value is -1.61. The summed E-state index contributed by atoms with van der Waals surface area (Å²) in [5, 5.41) is 8.02. The maximum Gasteiger partial charge on any atom is 0.0641 e. The lowest BCUT2D eigenvalue weighted by molar-refractivity contribution is 0.679. The third-order valence-corrected chi connectivity index (χ3v) is 4.10. The Kier molecular flexibility index (Phi) is 4.29. The molecule has 0 spiro atoms. The largest absolute Gasteiger partial charge is 0.308 e. The van der Waals surface area contributed by atoms with Crippen molar-refractivity contribution >= 4 is 0 Å². The Morgan fingerprint density at radius 1 is 0.950 bits per heavy atom. The minimum absolute atomic E-state index is 0.873. The van der Waals surface area contributed by atoms with Crippen LogP contribution in [0.5, 0.6) is 0 Å². The molecule has 1 aromatic carbocycles. The summed E-state index contributed by atoms with van der Waals surface area (Å²) in [5.41, 5.74) is 9.17. The van der Waals surface area contributed by atoms with Crippen LogP contribution >= 0.6 is 0 Å². The molecule has 108 valence electrons. The number of rotatable bonds is 4. The van der Waals surface area contributed by atoms with Crippen LogP contribution in [-0.2, 0) is 20.1 Å². The molecule has 0 radical (unpaired) electrons. The van der Waals surface area contributed by atoms with E-state index in [1.54, 1.807) is 0 Å². The van der Waals surface area contributed by atoms with Gasteiger partial charge in [-0.25, -0.2) is 0 Å². The molecular weight excluding hydrogens is 246 g/mol. The number of hydrogen-bond acceptors (Lipinski definition) is 2. The van der Waals surface area contributed by atoms with Crippen molar-refractivity contribution in [2.24, 2.45) is 7.05 Å². The van der Waals surface area contributed by atoms with Crippen LogP contribution in [0.1, 0.15) is 39.2 Å². The molecule has 0 saturated heterocycles. The first-order chi connectivity index (χ1) is 9.40. The van der Waals surface area contributed by atoms with Gasteiger partial charge in [0.2, 0.25) is 0 Å². The summed E-state index contributed by atoms with van der Waals surface area (Å²) in [6, 6.07) is 4.51. The maximum absolute atomic E-state index is 4.46. The topological polar surface area (TPSA) is 29.9 Å². The van der Waals surface area contributed by atoms with Crippen molar-refractivity contribution in [1.82, 2.24) is 15.1 Å². The minimum atomic E-state index is 0.873.